The third-order valence-electron chi connectivity index (χ3n) is 12.3. The lowest BCUT2D eigenvalue weighted by Crippen LogP contribution is -2.15. The highest BCUT2D eigenvalue weighted by Gasteiger charge is 2.35. The predicted molar refractivity (Wildman–Crippen MR) is 261 cm³/mol. The van der Waals surface area contributed by atoms with E-state index in [-0.39, 0.29) is 5.41 Å². The van der Waals surface area contributed by atoms with E-state index in [0.29, 0.717) is 0 Å². The van der Waals surface area contributed by atoms with Crippen LogP contribution in [0.2, 0.25) is 0 Å². The molecule has 0 atom stereocenters. The van der Waals surface area contributed by atoms with E-state index >= 15 is 0 Å². The van der Waals surface area contributed by atoms with E-state index < -0.39 is 0 Å². The summed E-state index contributed by atoms with van der Waals surface area (Å²) in [6, 6.07) is 78.7. The molecule has 9 aromatic rings. The fourth-order valence-corrected chi connectivity index (χ4v) is 8.97. The lowest BCUT2D eigenvalue weighted by atomic mass is 9.82. The molecule has 1 aliphatic rings. The quantitative estimate of drug-likeness (QED) is 0.156. The van der Waals surface area contributed by atoms with Crippen molar-refractivity contribution >= 4 is 17.1 Å². The second-order valence-electron chi connectivity index (χ2n) is 16.8. The Morgan fingerprint density at radius 1 is 0.295 bits per heavy atom. The number of fused-ring (bicyclic) bond motifs is 3. The normalized spacial score (nSPS) is 12.1. The largest absolute Gasteiger partial charge is 0.310 e. The molecule has 10 rings (SSSR count). The number of hydrogen-bond acceptors (Lipinski definition) is 1. The molecule has 61 heavy (non-hydrogen) atoms. The van der Waals surface area contributed by atoms with E-state index in [4.69, 9.17) is 0 Å². The van der Waals surface area contributed by atoms with Gasteiger partial charge < -0.3 is 4.90 Å². The summed E-state index contributed by atoms with van der Waals surface area (Å²) in [5.74, 6) is 0. The third-order valence-corrected chi connectivity index (χ3v) is 12.3. The van der Waals surface area contributed by atoms with Crippen LogP contribution in [0.3, 0.4) is 0 Å². The maximum absolute atomic E-state index is 2.37. The van der Waals surface area contributed by atoms with Crippen LogP contribution in [0.5, 0.6) is 0 Å². The monoisotopic (exact) mass is 785 g/mol. The van der Waals surface area contributed by atoms with Gasteiger partial charge in [-0.05, 0) is 135 Å². The van der Waals surface area contributed by atoms with Gasteiger partial charge >= 0.3 is 0 Å². The first-order valence-electron chi connectivity index (χ1n) is 21.3. The minimum absolute atomic E-state index is 0.0104. The van der Waals surface area contributed by atoms with Crippen molar-refractivity contribution in [1.29, 1.82) is 0 Å². The predicted octanol–water partition coefficient (Wildman–Crippen LogP) is 16.7. The lowest BCUT2D eigenvalue weighted by molar-refractivity contribution is 0.660. The van der Waals surface area contributed by atoms with Crippen molar-refractivity contribution in [2.45, 2.75) is 40.0 Å². The summed E-state index contributed by atoms with van der Waals surface area (Å²) < 4.78 is 0. The molecule has 9 aromatic carbocycles. The van der Waals surface area contributed by atoms with Gasteiger partial charge in [-0.15, -0.1) is 0 Å². The van der Waals surface area contributed by atoms with Crippen LogP contribution in [0.25, 0.3) is 55.6 Å². The Morgan fingerprint density at radius 3 is 1.20 bits per heavy atom. The van der Waals surface area contributed by atoms with Gasteiger partial charge in [-0.3, -0.25) is 0 Å². The van der Waals surface area contributed by atoms with Crippen molar-refractivity contribution in [2.24, 2.45) is 0 Å². The van der Waals surface area contributed by atoms with Crippen LogP contribution < -0.4 is 4.90 Å². The number of rotatable bonds is 7. The first-order valence-corrected chi connectivity index (χ1v) is 21.3. The van der Waals surface area contributed by atoms with Crippen molar-refractivity contribution in [3.05, 3.63) is 246 Å². The highest BCUT2D eigenvalue weighted by molar-refractivity contribution is 5.87. The molecule has 0 aromatic heterocycles. The molecule has 1 nitrogen and oxygen atoms in total. The van der Waals surface area contributed by atoms with Crippen LogP contribution in [0, 0.1) is 20.8 Å². The summed E-state index contributed by atoms with van der Waals surface area (Å²) in [6.07, 6.45) is 0. The van der Waals surface area contributed by atoms with Crippen molar-refractivity contribution in [3.63, 3.8) is 0 Å². The van der Waals surface area contributed by atoms with Crippen LogP contribution >= 0.6 is 0 Å². The molecule has 0 N–H and O–H groups in total. The molecule has 0 saturated carbocycles. The SMILES string of the molecule is Cc1cc(-c2ccccc2)ccc1-c1ccc(-c2ccccc2)cc1C.Cc1ccc(N(c2ccc(-c3ccccc3)cc2)c2ccc3c(c2)-c2ccccc2C3(C)C)cc1. The Bertz CT molecular complexity index is 2840. The van der Waals surface area contributed by atoms with E-state index in [1.54, 1.807) is 0 Å². The van der Waals surface area contributed by atoms with Crippen molar-refractivity contribution in [2.75, 3.05) is 4.90 Å². The zero-order valence-electron chi connectivity index (χ0n) is 35.7. The second kappa shape index (κ2) is 16.8. The Labute approximate surface area is 362 Å². The van der Waals surface area contributed by atoms with Gasteiger partial charge in [-0.2, -0.15) is 0 Å². The fraction of sp³-hybridized carbons (Fsp3) is 0.100. The van der Waals surface area contributed by atoms with Crippen LogP contribution in [0.15, 0.2) is 218 Å². The fourth-order valence-electron chi connectivity index (χ4n) is 8.97. The molecule has 0 saturated heterocycles. The van der Waals surface area contributed by atoms with Gasteiger partial charge in [0.2, 0.25) is 0 Å². The van der Waals surface area contributed by atoms with Crippen molar-refractivity contribution in [3.8, 4) is 55.6 Å². The Kier molecular flexibility index (Phi) is 10.8. The van der Waals surface area contributed by atoms with E-state index in [0.717, 1.165) is 11.4 Å². The zero-order chi connectivity index (χ0) is 41.9. The summed E-state index contributed by atoms with van der Waals surface area (Å²) in [5, 5.41) is 0. The lowest BCUT2D eigenvalue weighted by Gasteiger charge is -2.27. The zero-order valence-corrected chi connectivity index (χ0v) is 35.7. The maximum Gasteiger partial charge on any atom is 0.0468 e. The molecule has 296 valence electrons. The topological polar surface area (TPSA) is 3.24 Å². The molecule has 1 heteroatoms. The van der Waals surface area contributed by atoms with Crippen molar-refractivity contribution in [1.82, 2.24) is 0 Å². The first-order chi connectivity index (χ1) is 29.7. The van der Waals surface area contributed by atoms with Crippen LogP contribution in [-0.4, -0.2) is 0 Å². The van der Waals surface area contributed by atoms with Gasteiger partial charge in [0, 0.05) is 22.5 Å². The molecule has 1 aliphatic carbocycles. The molecule has 0 heterocycles. The molecule has 0 radical (unpaired) electrons. The van der Waals surface area contributed by atoms with Crippen LogP contribution in [-0.2, 0) is 5.41 Å². The summed E-state index contributed by atoms with van der Waals surface area (Å²) in [7, 11) is 0. The summed E-state index contributed by atoms with van der Waals surface area (Å²) >= 11 is 0. The number of anilines is 3. The summed E-state index contributed by atoms with van der Waals surface area (Å²) in [4.78, 5) is 2.36. The Balaban J connectivity index is 0.000000163. The van der Waals surface area contributed by atoms with Crippen molar-refractivity contribution < 1.29 is 0 Å². The van der Waals surface area contributed by atoms with Crippen LogP contribution in [0.4, 0.5) is 17.1 Å². The molecular weight excluding hydrogens is 735 g/mol. The number of aryl methyl sites for hydroxylation is 3. The Hall–Kier alpha value is -7.22. The highest BCUT2D eigenvalue weighted by Crippen LogP contribution is 2.50. The van der Waals surface area contributed by atoms with Gasteiger partial charge in [0.25, 0.3) is 0 Å². The van der Waals surface area contributed by atoms with E-state index in [9.17, 15) is 0 Å². The van der Waals surface area contributed by atoms with Gasteiger partial charge in [-0.1, -0.05) is 201 Å². The maximum atomic E-state index is 2.37. The number of benzene rings is 9. The van der Waals surface area contributed by atoms with E-state index in [1.165, 1.54) is 89.1 Å². The van der Waals surface area contributed by atoms with Gasteiger partial charge in [0.05, 0.1) is 0 Å². The van der Waals surface area contributed by atoms with Crippen LogP contribution in [0.1, 0.15) is 41.7 Å². The van der Waals surface area contributed by atoms with E-state index in [2.05, 4.69) is 258 Å². The van der Waals surface area contributed by atoms with Gasteiger partial charge in [0.15, 0.2) is 0 Å². The molecule has 0 unspecified atom stereocenters. The Morgan fingerprint density at radius 2 is 0.689 bits per heavy atom. The molecule has 0 amide bonds. The standard InChI is InChI=1S/C34H29N.C26H22/c1-24-13-17-27(18-14-24)35(28-19-15-26(16-20-28)25-9-5-4-6-10-25)29-21-22-33-31(23-29)30-11-7-8-12-32(30)34(33,2)3;1-19-17-23(21-9-5-3-6-10-21)13-15-25(19)26-16-14-24(18-20(26)2)22-11-7-4-8-12-22/h4-23H,1-3H3;3-18H,1-2H3. The van der Waals surface area contributed by atoms with Gasteiger partial charge in [0.1, 0.15) is 0 Å². The average Bonchev–Trinajstić information content (AvgIpc) is 3.53. The highest BCUT2D eigenvalue weighted by atomic mass is 15.1. The minimum atomic E-state index is 0.0104. The molecule has 0 spiro atoms. The number of nitrogens with zero attached hydrogens (tertiary/aromatic N) is 1. The minimum Gasteiger partial charge on any atom is -0.310 e. The van der Waals surface area contributed by atoms with E-state index in [1.807, 2.05) is 0 Å². The number of hydrogen-bond donors (Lipinski definition) is 0. The first kappa shape index (κ1) is 39.3. The summed E-state index contributed by atoms with van der Waals surface area (Å²) in [5.41, 5.74) is 23.0. The molecule has 0 fully saturated rings. The third kappa shape index (κ3) is 7.96. The smallest absolute Gasteiger partial charge is 0.0468 e. The molecule has 0 aliphatic heterocycles. The second-order valence-corrected chi connectivity index (χ2v) is 16.8. The average molecular weight is 786 g/mol. The molecular formula is C60H51N. The van der Waals surface area contributed by atoms with Gasteiger partial charge in [-0.25, -0.2) is 0 Å². The molecule has 0 bridgehead atoms. The summed E-state index contributed by atoms with van der Waals surface area (Å²) in [6.45, 7) is 11.2.